The van der Waals surface area contributed by atoms with Crippen molar-refractivity contribution in [1.29, 1.82) is 0 Å². The average Bonchev–Trinajstić information content (AvgIpc) is 2.50. The first-order valence-electron chi connectivity index (χ1n) is 7.92. The van der Waals surface area contributed by atoms with Gasteiger partial charge in [-0.15, -0.1) is 0 Å². The van der Waals surface area contributed by atoms with Crippen molar-refractivity contribution >= 4 is 28.4 Å². The maximum atomic E-state index is 12.1. The fourth-order valence-electron chi connectivity index (χ4n) is 2.17. The summed E-state index contributed by atoms with van der Waals surface area (Å²) in [5, 5.41) is 5.20. The predicted octanol–water partition coefficient (Wildman–Crippen LogP) is 4.26. The number of nitrogens with one attached hydrogen (secondary N) is 1. The lowest BCUT2D eigenvalue weighted by Crippen LogP contribution is -2.37. The molecular formula is C19H25NO2S. The van der Waals surface area contributed by atoms with Gasteiger partial charge in [-0.1, -0.05) is 51.1 Å². The Kier molecular flexibility index (Phi) is 5.94. The van der Waals surface area contributed by atoms with Crippen molar-refractivity contribution in [3.05, 3.63) is 42.5 Å². The van der Waals surface area contributed by atoms with E-state index in [1.807, 2.05) is 48.2 Å². The Bertz CT molecular complexity index is 664. The highest BCUT2D eigenvalue weighted by atomic mass is 32.2. The monoisotopic (exact) mass is 331 g/mol. The largest absolute Gasteiger partial charge is 0.481 e. The molecule has 2 aromatic rings. The number of hydrogen-bond acceptors (Lipinski definition) is 3. The van der Waals surface area contributed by atoms with E-state index in [9.17, 15) is 4.79 Å². The second-order valence-electron chi connectivity index (χ2n) is 6.52. The maximum absolute atomic E-state index is 12.1. The van der Waals surface area contributed by atoms with Gasteiger partial charge in [-0.25, -0.2) is 0 Å². The third-order valence-corrected chi connectivity index (χ3v) is 4.61. The van der Waals surface area contributed by atoms with Crippen LogP contribution in [0.4, 0.5) is 0 Å². The zero-order chi connectivity index (χ0) is 16.9. The van der Waals surface area contributed by atoms with E-state index >= 15 is 0 Å². The summed E-state index contributed by atoms with van der Waals surface area (Å²) >= 11 is 1.84. The minimum absolute atomic E-state index is 0.0762. The minimum Gasteiger partial charge on any atom is -0.481 e. The van der Waals surface area contributed by atoms with Crippen LogP contribution in [-0.4, -0.2) is 29.1 Å². The number of rotatable bonds is 6. The van der Waals surface area contributed by atoms with E-state index in [0.29, 0.717) is 6.54 Å². The van der Waals surface area contributed by atoms with Gasteiger partial charge in [0.05, 0.1) is 0 Å². The van der Waals surface area contributed by atoms with Crippen LogP contribution in [0.3, 0.4) is 0 Å². The van der Waals surface area contributed by atoms with Crippen LogP contribution in [0.1, 0.15) is 27.7 Å². The van der Waals surface area contributed by atoms with Crippen LogP contribution in [0.15, 0.2) is 42.5 Å². The van der Waals surface area contributed by atoms with E-state index < -0.39 is 6.10 Å². The van der Waals surface area contributed by atoms with E-state index in [-0.39, 0.29) is 10.7 Å². The topological polar surface area (TPSA) is 38.3 Å². The number of amides is 1. The number of benzene rings is 2. The zero-order valence-electron chi connectivity index (χ0n) is 14.3. The van der Waals surface area contributed by atoms with Crippen LogP contribution in [-0.2, 0) is 4.79 Å². The van der Waals surface area contributed by atoms with Crippen molar-refractivity contribution in [2.45, 2.75) is 38.5 Å². The maximum Gasteiger partial charge on any atom is 0.260 e. The van der Waals surface area contributed by atoms with E-state index in [0.717, 1.165) is 22.3 Å². The van der Waals surface area contributed by atoms with Gasteiger partial charge in [0.15, 0.2) is 6.10 Å². The Balaban J connectivity index is 1.84. The van der Waals surface area contributed by atoms with Gasteiger partial charge < -0.3 is 10.1 Å². The molecule has 0 aliphatic heterocycles. The lowest BCUT2D eigenvalue weighted by Gasteiger charge is -2.18. The second kappa shape index (κ2) is 7.73. The summed E-state index contributed by atoms with van der Waals surface area (Å²) in [4.78, 5) is 12.1. The number of thioether (sulfide) groups is 1. The fraction of sp³-hybridized carbons (Fsp3) is 0.421. The highest BCUT2D eigenvalue weighted by Gasteiger charge is 2.15. The molecule has 0 saturated carbocycles. The smallest absolute Gasteiger partial charge is 0.260 e. The minimum atomic E-state index is -0.504. The molecule has 0 unspecified atom stereocenters. The van der Waals surface area contributed by atoms with Crippen LogP contribution >= 0.6 is 11.8 Å². The summed E-state index contributed by atoms with van der Waals surface area (Å²) in [6.07, 6.45) is -0.504. The third-order valence-electron chi connectivity index (χ3n) is 3.34. The quantitative estimate of drug-likeness (QED) is 0.804. The number of carbonyl (C=O) groups excluding carboxylic acids is 1. The summed E-state index contributed by atoms with van der Waals surface area (Å²) < 4.78 is 5.98. The van der Waals surface area contributed by atoms with Gasteiger partial charge in [0.25, 0.3) is 5.91 Å². The summed E-state index contributed by atoms with van der Waals surface area (Å²) in [5.74, 6) is 1.54. The van der Waals surface area contributed by atoms with Gasteiger partial charge in [0.1, 0.15) is 5.75 Å². The standard InChI is InChI=1S/C19H25NO2S/c1-14(18(21)20-11-12-23-19(2,3)4)22-17-10-9-15-7-5-6-8-16(15)13-17/h5-10,13-14H,11-12H2,1-4H3,(H,20,21)/t14-/m0/s1. The molecule has 3 nitrogen and oxygen atoms in total. The Labute approximate surface area is 142 Å². The number of carbonyl (C=O) groups is 1. The van der Waals surface area contributed by atoms with Gasteiger partial charge in [-0.05, 0) is 29.8 Å². The highest BCUT2D eigenvalue weighted by Crippen LogP contribution is 2.22. The molecule has 2 aromatic carbocycles. The number of hydrogen-bond donors (Lipinski definition) is 1. The molecule has 1 amide bonds. The lowest BCUT2D eigenvalue weighted by molar-refractivity contribution is -0.127. The number of fused-ring (bicyclic) bond motifs is 1. The van der Waals surface area contributed by atoms with E-state index in [1.165, 1.54) is 0 Å². The predicted molar refractivity (Wildman–Crippen MR) is 99.3 cm³/mol. The molecule has 0 heterocycles. The molecule has 0 bridgehead atoms. The summed E-state index contributed by atoms with van der Waals surface area (Å²) in [5.41, 5.74) is 0. The molecule has 0 fully saturated rings. The van der Waals surface area contributed by atoms with E-state index in [1.54, 1.807) is 6.92 Å². The fourth-order valence-corrected chi connectivity index (χ4v) is 2.99. The van der Waals surface area contributed by atoms with Crippen molar-refractivity contribution < 1.29 is 9.53 Å². The molecule has 0 spiro atoms. The van der Waals surface area contributed by atoms with E-state index in [2.05, 4.69) is 32.2 Å². The Hall–Kier alpha value is -1.68. The first-order valence-corrected chi connectivity index (χ1v) is 8.91. The van der Waals surface area contributed by atoms with Crippen molar-refractivity contribution in [3.8, 4) is 5.75 Å². The molecule has 2 rings (SSSR count). The molecule has 0 aliphatic carbocycles. The first-order chi connectivity index (χ1) is 10.8. The normalized spacial score (nSPS) is 12.9. The number of ether oxygens (including phenoxy) is 1. The highest BCUT2D eigenvalue weighted by molar-refractivity contribution is 8.00. The van der Waals surface area contributed by atoms with Crippen LogP contribution in [0, 0.1) is 0 Å². The van der Waals surface area contributed by atoms with Gasteiger partial charge in [0, 0.05) is 17.0 Å². The Morgan fingerprint density at radius 1 is 1.17 bits per heavy atom. The van der Waals surface area contributed by atoms with Crippen LogP contribution < -0.4 is 10.1 Å². The molecule has 124 valence electrons. The van der Waals surface area contributed by atoms with E-state index in [4.69, 9.17) is 4.74 Å². The molecule has 1 atom stereocenters. The van der Waals surface area contributed by atoms with Crippen molar-refractivity contribution in [2.24, 2.45) is 0 Å². The Morgan fingerprint density at radius 3 is 2.57 bits per heavy atom. The zero-order valence-corrected chi connectivity index (χ0v) is 15.1. The van der Waals surface area contributed by atoms with Crippen LogP contribution in [0.5, 0.6) is 5.75 Å². The second-order valence-corrected chi connectivity index (χ2v) is 8.44. The molecule has 0 radical (unpaired) electrons. The summed E-state index contributed by atoms with van der Waals surface area (Å²) in [7, 11) is 0. The molecule has 23 heavy (non-hydrogen) atoms. The average molecular weight is 331 g/mol. The van der Waals surface area contributed by atoms with Crippen LogP contribution in [0.2, 0.25) is 0 Å². The molecule has 0 aliphatic rings. The van der Waals surface area contributed by atoms with Gasteiger partial charge in [-0.3, -0.25) is 4.79 Å². The molecule has 4 heteroatoms. The van der Waals surface area contributed by atoms with Crippen molar-refractivity contribution in [1.82, 2.24) is 5.32 Å². The lowest BCUT2D eigenvalue weighted by atomic mass is 10.1. The third kappa shape index (κ3) is 5.79. The molecule has 0 aromatic heterocycles. The molecule has 1 N–H and O–H groups in total. The van der Waals surface area contributed by atoms with Crippen LogP contribution in [0.25, 0.3) is 10.8 Å². The molecular weight excluding hydrogens is 306 g/mol. The van der Waals surface area contributed by atoms with Crippen molar-refractivity contribution in [2.75, 3.05) is 12.3 Å². The summed E-state index contributed by atoms with van der Waals surface area (Å²) in [6, 6.07) is 14.0. The van der Waals surface area contributed by atoms with Gasteiger partial charge in [-0.2, -0.15) is 11.8 Å². The van der Waals surface area contributed by atoms with Gasteiger partial charge >= 0.3 is 0 Å². The SMILES string of the molecule is C[C@H](Oc1ccc2ccccc2c1)C(=O)NCCSC(C)(C)C. The summed E-state index contributed by atoms with van der Waals surface area (Å²) in [6.45, 7) is 8.95. The molecule has 0 saturated heterocycles. The van der Waals surface area contributed by atoms with Crippen molar-refractivity contribution in [3.63, 3.8) is 0 Å². The Morgan fingerprint density at radius 2 is 1.87 bits per heavy atom. The van der Waals surface area contributed by atoms with Gasteiger partial charge in [0.2, 0.25) is 0 Å². The first kappa shape index (κ1) is 17.7.